The van der Waals surface area contributed by atoms with Crippen molar-refractivity contribution in [3.63, 3.8) is 0 Å². The predicted molar refractivity (Wildman–Crippen MR) is 86.7 cm³/mol. The second-order valence-electron chi connectivity index (χ2n) is 3.83. The van der Waals surface area contributed by atoms with E-state index < -0.39 is 0 Å². The quantitative estimate of drug-likeness (QED) is 0.599. The molecule has 0 aliphatic carbocycles. The van der Waals surface area contributed by atoms with Crippen molar-refractivity contribution in [2.45, 2.75) is 10.6 Å². The van der Waals surface area contributed by atoms with Gasteiger partial charge in [0.15, 0.2) is 0 Å². The lowest BCUT2D eigenvalue weighted by molar-refractivity contribution is 0.412. The molecule has 0 aromatic heterocycles. The second kappa shape index (κ2) is 6.89. The van der Waals surface area contributed by atoms with Crippen LogP contribution in [0.5, 0.6) is 5.75 Å². The maximum atomic E-state index is 6.13. The third kappa shape index (κ3) is 4.06. The average molecular weight is 378 g/mol. The van der Waals surface area contributed by atoms with E-state index in [1.165, 1.54) is 5.56 Å². The number of methoxy groups -OCH3 is 1. The Balaban J connectivity index is 2.10. The van der Waals surface area contributed by atoms with Crippen LogP contribution >= 0.6 is 50.9 Å². The highest BCUT2D eigenvalue weighted by molar-refractivity contribution is 9.10. The van der Waals surface area contributed by atoms with Gasteiger partial charge in [0, 0.05) is 15.7 Å². The van der Waals surface area contributed by atoms with Gasteiger partial charge in [-0.25, -0.2) is 0 Å². The Morgan fingerprint density at radius 1 is 1.16 bits per heavy atom. The van der Waals surface area contributed by atoms with Crippen LogP contribution in [0.2, 0.25) is 10.0 Å². The predicted octanol–water partition coefficient (Wildman–Crippen LogP) is 6.06. The van der Waals surface area contributed by atoms with Crippen molar-refractivity contribution in [2.24, 2.45) is 0 Å². The lowest BCUT2D eigenvalue weighted by atomic mass is 10.2. The van der Waals surface area contributed by atoms with E-state index in [1.54, 1.807) is 24.9 Å². The maximum absolute atomic E-state index is 6.13. The molecule has 0 aliphatic rings. The first-order valence-corrected chi connectivity index (χ1v) is 8.04. The summed E-state index contributed by atoms with van der Waals surface area (Å²) in [6.45, 7) is 0. The van der Waals surface area contributed by atoms with E-state index in [2.05, 4.69) is 15.9 Å². The van der Waals surface area contributed by atoms with Crippen LogP contribution in [0.3, 0.4) is 0 Å². The lowest BCUT2D eigenvalue weighted by Crippen LogP contribution is -1.87. The monoisotopic (exact) mass is 376 g/mol. The molecule has 0 heterocycles. The van der Waals surface area contributed by atoms with E-state index in [0.717, 1.165) is 25.9 Å². The van der Waals surface area contributed by atoms with Crippen molar-refractivity contribution in [3.8, 4) is 5.75 Å². The molecular weight excluding hydrogens is 367 g/mol. The zero-order valence-corrected chi connectivity index (χ0v) is 14.0. The van der Waals surface area contributed by atoms with Crippen LogP contribution in [0.1, 0.15) is 5.56 Å². The molecule has 100 valence electrons. The Labute approximate surface area is 135 Å². The summed E-state index contributed by atoms with van der Waals surface area (Å²) in [6.07, 6.45) is 0. The molecule has 2 rings (SSSR count). The average Bonchev–Trinajstić information content (AvgIpc) is 2.40. The third-order valence-corrected chi connectivity index (χ3v) is 4.93. The van der Waals surface area contributed by atoms with Crippen LogP contribution in [-0.2, 0) is 5.75 Å². The van der Waals surface area contributed by atoms with Crippen LogP contribution in [0.25, 0.3) is 0 Å². The summed E-state index contributed by atoms with van der Waals surface area (Å²) >= 11 is 17.2. The molecule has 1 nitrogen and oxygen atoms in total. The Hall–Kier alpha value is -0.350. The molecule has 0 fully saturated rings. The van der Waals surface area contributed by atoms with Gasteiger partial charge in [0.1, 0.15) is 5.75 Å². The van der Waals surface area contributed by atoms with E-state index in [0.29, 0.717) is 5.02 Å². The summed E-state index contributed by atoms with van der Waals surface area (Å²) in [4.78, 5) is 0.987. The third-order valence-electron chi connectivity index (χ3n) is 2.50. The van der Waals surface area contributed by atoms with Crippen molar-refractivity contribution < 1.29 is 4.74 Å². The molecule has 0 spiro atoms. The fourth-order valence-electron chi connectivity index (χ4n) is 1.55. The number of hydrogen-bond donors (Lipinski definition) is 0. The Kier molecular flexibility index (Phi) is 5.46. The van der Waals surface area contributed by atoms with Gasteiger partial charge in [-0.1, -0.05) is 29.3 Å². The first-order chi connectivity index (χ1) is 9.10. The largest absolute Gasteiger partial charge is 0.496 e. The summed E-state index contributed by atoms with van der Waals surface area (Å²) < 4.78 is 6.15. The second-order valence-corrected chi connectivity index (χ2v) is 6.55. The first-order valence-electron chi connectivity index (χ1n) is 5.50. The minimum absolute atomic E-state index is 0.697. The molecule has 0 bridgehead atoms. The van der Waals surface area contributed by atoms with Crippen molar-refractivity contribution in [2.75, 3.05) is 7.11 Å². The van der Waals surface area contributed by atoms with Gasteiger partial charge in [-0.3, -0.25) is 0 Å². The van der Waals surface area contributed by atoms with Crippen molar-refractivity contribution in [1.82, 2.24) is 0 Å². The van der Waals surface area contributed by atoms with Crippen molar-refractivity contribution in [1.29, 1.82) is 0 Å². The van der Waals surface area contributed by atoms with Crippen molar-refractivity contribution in [3.05, 3.63) is 56.5 Å². The van der Waals surface area contributed by atoms with Gasteiger partial charge < -0.3 is 4.74 Å². The van der Waals surface area contributed by atoms with Crippen LogP contribution < -0.4 is 4.74 Å². The Morgan fingerprint density at radius 3 is 2.63 bits per heavy atom. The highest BCUT2D eigenvalue weighted by Crippen LogP contribution is 2.33. The molecular formula is C14H11BrCl2OS. The molecule has 0 amide bonds. The molecule has 2 aromatic carbocycles. The number of benzene rings is 2. The summed E-state index contributed by atoms with van der Waals surface area (Å²) in [5.41, 5.74) is 1.19. The Bertz CT molecular complexity index is 590. The molecule has 0 radical (unpaired) electrons. The highest BCUT2D eigenvalue weighted by atomic mass is 79.9. The highest BCUT2D eigenvalue weighted by Gasteiger charge is 2.05. The molecule has 5 heteroatoms. The van der Waals surface area contributed by atoms with Gasteiger partial charge >= 0.3 is 0 Å². The molecule has 2 aromatic rings. The molecule has 0 saturated heterocycles. The van der Waals surface area contributed by atoms with E-state index in [4.69, 9.17) is 27.9 Å². The fraction of sp³-hybridized carbons (Fsp3) is 0.143. The summed E-state index contributed by atoms with van der Waals surface area (Å²) in [5.74, 6) is 1.65. The number of hydrogen-bond acceptors (Lipinski definition) is 2. The zero-order chi connectivity index (χ0) is 13.8. The number of halogens is 3. The van der Waals surface area contributed by atoms with Gasteiger partial charge in [0.2, 0.25) is 0 Å². The molecule has 0 unspecified atom stereocenters. The van der Waals surface area contributed by atoms with Gasteiger partial charge in [0.05, 0.1) is 16.6 Å². The van der Waals surface area contributed by atoms with Gasteiger partial charge in [-0.2, -0.15) is 0 Å². The summed E-state index contributed by atoms with van der Waals surface area (Å²) in [7, 11) is 1.65. The van der Waals surface area contributed by atoms with Crippen LogP contribution in [0, 0.1) is 0 Å². The topological polar surface area (TPSA) is 9.23 Å². The fourth-order valence-corrected chi connectivity index (χ4v) is 3.57. The van der Waals surface area contributed by atoms with Gasteiger partial charge in [-0.05, 0) is 51.8 Å². The number of thioether (sulfide) groups is 1. The van der Waals surface area contributed by atoms with Crippen LogP contribution in [0.4, 0.5) is 0 Å². The number of rotatable bonds is 4. The standard InChI is InChI=1S/C14H11BrCl2OS/c1-18-13-5-2-9(6-11(13)15)8-19-14-7-10(16)3-4-12(14)17/h2-7H,8H2,1H3. The Morgan fingerprint density at radius 2 is 1.95 bits per heavy atom. The van der Waals surface area contributed by atoms with Crippen molar-refractivity contribution >= 4 is 50.9 Å². The van der Waals surface area contributed by atoms with Crippen LogP contribution in [0.15, 0.2) is 45.8 Å². The van der Waals surface area contributed by atoms with E-state index in [1.807, 2.05) is 30.3 Å². The molecule has 0 aliphatic heterocycles. The summed E-state index contributed by atoms with van der Waals surface area (Å²) in [5, 5.41) is 1.42. The normalized spacial score (nSPS) is 10.5. The van der Waals surface area contributed by atoms with Gasteiger partial charge in [0.25, 0.3) is 0 Å². The minimum Gasteiger partial charge on any atom is -0.496 e. The molecule has 0 saturated carbocycles. The van der Waals surface area contributed by atoms with E-state index >= 15 is 0 Å². The lowest BCUT2D eigenvalue weighted by Gasteiger charge is -2.07. The van der Waals surface area contributed by atoms with E-state index in [-0.39, 0.29) is 0 Å². The smallest absolute Gasteiger partial charge is 0.133 e. The van der Waals surface area contributed by atoms with Crippen LogP contribution in [-0.4, -0.2) is 7.11 Å². The molecule has 19 heavy (non-hydrogen) atoms. The SMILES string of the molecule is COc1ccc(CSc2cc(Cl)ccc2Cl)cc1Br. The molecule has 0 atom stereocenters. The zero-order valence-electron chi connectivity index (χ0n) is 10.1. The number of ether oxygens (including phenoxy) is 1. The molecule has 0 N–H and O–H groups in total. The minimum atomic E-state index is 0.697. The van der Waals surface area contributed by atoms with E-state index in [9.17, 15) is 0 Å². The first kappa shape index (κ1) is 15.0. The maximum Gasteiger partial charge on any atom is 0.133 e. The summed E-state index contributed by atoms with van der Waals surface area (Å²) in [6, 6.07) is 11.5. The van der Waals surface area contributed by atoms with Gasteiger partial charge in [-0.15, -0.1) is 11.8 Å².